The lowest BCUT2D eigenvalue weighted by molar-refractivity contribution is -0.115. The first-order valence-electron chi connectivity index (χ1n) is 8.17. The molecule has 6 nitrogen and oxygen atoms in total. The van der Waals surface area contributed by atoms with Crippen LogP contribution >= 0.6 is 0 Å². The van der Waals surface area contributed by atoms with E-state index in [1.54, 1.807) is 12.1 Å². The molecule has 2 N–H and O–H groups in total. The molecule has 1 aromatic heterocycles. The predicted molar refractivity (Wildman–Crippen MR) is 103 cm³/mol. The van der Waals surface area contributed by atoms with E-state index in [0.29, 0.717) is 5.69 Å². The second-order valence-electron chi connectivity index (χ2n) is 6.35. The van der Waals surface area contributed by atoms with E-state index < -0.39 is 10.0 Å². The molecule has 3 aromatic rings. The van der Waals surface area contributed by atoms with Crippen molar-refractivity contribution in [1.82, 2.24) is 9.29 Å². The molecule has 0 aliphatic heterocycles. The molecule has 1 heterocycles. The van der Waals surface area contributed by atoms with Gasteiger partial charge in [0.2, 0.25) is 15.9 Å². The Balaban J connectivity index is 1.83. The zero-order valence-electron chi connectivity index (χ0n) is 14.9. The third-order valence-corrected chi connectivity index (χ3v) is 6.10. The number of aryl methyl sites for hydroxylation is 1. The van der Waals surface area contributed by atoms with Gasteiger partial charge in [-0.3, -0.25) is 4.79 Å². The molecule has 0 fully saturated rings. The van der Waals surface area contributed by atoms with Gasteiger partial charge in [0.15, 0.2) is 0 Å². The molecular weight excluding hydrogens is 350 g/mol. The van der Waals surface area contributed by atoms with Crippen LogP contribution in [0.15, 0.2) is 53.6 Å². The largest absolute Gasteiger partial charge is 0.361 e. The summed E-state index contributed by atoms with van der Waals surface area (Å²) in [5.74, 6) is -0.197. The zero-order valence-corrected chi connectivity index (χ0v) is 15.7. The van der Waals surface area contributed by atoms with Crippen molar-refractivity contribution in [2.45, 2.75) is 18.2 Å². The topological polar surface area (TPSA) is 82.3 Å². The molecule has 0 spiro atoms. The molecule has 0 aliphatic carbocycles. The lowest BCUT2D eigenvalue weighted by atomic mass is 10.1. The number of sulfonamides is 1. The van der Waals surface area contributed by atoms with Crippen LogP contribution in [0.5, 0.6) is 0 Å². The molecule has 1 amide bonds. The van der Waals surface area contributed by atoms with Gasteiger partial charge in [-0.05, 0) is 36.2 Å². The van der Waals surface area contributed by atoms with Crippen molar-refractivity contribution in [3.63, 3.8) is 0 Å². The number of hydrogen-bond donors (Lipinski definition) is 2. The molecule has 3 rings (SSSR count). The normalized spacial score (nSPS) is 11.8. The summed E-state index contributed by atoms with van der Waals surface area (Å²) in [6.45, 7) is 1.83. The number of fused-ring (bicyclic) bond motifs is 1. The maximum atomic E-state index is 12.5. The first-order chi connectivity index (χ1) is 12.3. The summed E-state index contributed by atoms with van der Waals surface area (Å²) in [5.41, 5.74) is 3.17. The number of carbonyl (C=O) groups excluding carboxylic acids is 1. The fraction of sp³-hybridized carbons (Fsp3) is 0.211. The van der Waals surface area contributed by atoms with E-state index >= 15 is 0 Å². The van der Waals surface area contributed by atoms with Gasteiger partial charge in [0.1, 0.15) is 0 Å². The van der Waals surface area contributed by atoms with Gasteiger partial charge in [0, 0.05) is 36.9 Å². The first-order valence-corrected chi connectivity index (χ1v) is 9.61. The molecule has 7 heteroatoms. The maximum Gasteiger partial charge on any atom is 0.242 e. The van der Waals surface area contributed by atoms with Crippen molar-refractivity contribution >= 4 is 32.5 Å². The second kappa shape index (κ2) is 6.93. The van der Waals surface area contributed by atoms with Crippen molar-refractivity contribution in [2.75, 3.05) is 19.4 Å². The molecule has 0 radical (unpaired) electrons. The molecule has 0 aliphatic rings. The molecule has 0 bridgehead atoms. The molecule has 136 valence electrons. The second-order valence-corrected chi connectivity index (χ2v) is 8.50. The quantitative estimate of drug-likeness (QED) is 0.723. The number of anilines is 1. The molecular formula is C19H21N3O3S. The Hall–Kier alpha value is -2.64. The third-order valence-electron chi connectivity index (χ3n) is 4.29. The van der Waals surface area contributed by atoms with Crippen molar-refractivity contribution in [3.8, 4) is 0 Å². The predicted octanol–water partition coefficient (Wildman–Crippen LogP) is 2.91. The minimum Gasteiger partial charge on any atom is -0.361 e. The first kappa shape index (κ1) is 18.2. The van der Waals surface area contributed by atoms with Crippen LogP contribution in [0, 0.1) is 6.92 Å². The summed E-state index contributed by atoms with van der Waals surface area (Å²) in [6, 6.07) is 12.5. The van der Waals surface area contributed by atoms with Crippen LogP contribution in [-0.4, -0.2) is 37.7 Å². The Morgan fingerprint density at radius 2 is 1.88 bits per heavy atom. The summed E-state index contributed by atoms with van der Waals surface area (Å²) in [4.78, 5) is 15.8. The summed E-state index contributed by atoms with van der Waals surface area (Å²) in [6.07, 6.45) is 2.03. The van der Waals surface area contributed by atoms with Gasteiger partial charge in [0.05, 0.1) is 11.3 Å². The van der Waals surface area contributed by atoms with Gasteiger partial charge in [-0.15, -0.1) is 0 Å². The van der Waals surface area contributed by atoms with E-state index in [1.807, 2.05) is 37.4 Å². The van der Waals surface area contributed by atoms with Crippen LogP contribution < -0.4 is 5.32 Å². The summed E-state index contributed by atoms with van der Waals surface area (Å²) in [7, 11) is -0.600. The van der Waals surface area contributed by atoms with Gasteiger partial charge in [-0.2, -0.15) is 0 Å². The fourth-order valence-electron chi connectivity index (χ4n) is 2.75. The Morgan fingerprint density at radius 1 is 1.15 bits per heavy atom. The van der Waals surface area contributed by atoms with Crippen molar-refractivity contribution in [3.05, 3.63) is 59.8 Å². The van der Waals surface area contributed by atoms with Crippen LogP contribution in [0.2, 0.25) is 0 Å². The lowest BCUT2D eigenvalue weighted by Gasteiger charge is -2.14. The number of aromatic nitrogens is 1. The van der Waals surface area contributed by atoms with Crippen LogP contribution in [0.4, 0.5) is 5.69 Å². The molecule has 26 heavy (non-hydrogen) atoms. The van der Waals surface area contributed by atoms with Crippen LogP contribution in [0.1, 0.15) is 11.1 Å². The van der Waals surface area contributed by atoms with Crippen molar-refractivity contribution < 1.29 is 13.2 Å². The molecule has 0 saturated heterocycles. The van der Waals surface area contributed by atoms with Gasteiger partial charge in [-0.25, -0.2) is 12.7 Å². The average Bonchev–Trinajstić information content (AvgIpc) is 2.99. The number of benzene rings is 2. The number of H-pyrrole nitrogens is 1. The number of aromatic amines is 1. The van der Waals surface area contributed by atoms with E-state index in [2.05, 4.69) is 10.3 Å². The Bertz CT molecular complexity index is 1070. The number of nitrogens with one attached hydrogen (secondary N) is 2. The average molecular weight is 371 g/mol. The Labute approximate surface area is 152 Å². The SMILES string of the molecule is Cc1ccc(S(=O)(=O)N(C)C)cc1NC(=O)Cc1c[nH]c2ccccc12. The lowest BCUT2D eigenvalue weighted by Crippen LogP contribution is -2.22. The fourth-order valence-corrected chi connectivity index (χ4v) is 3.68. The number of rotatable bonds is 5. The number of para-hydroxylation sites is 1. The molecule has 0 atom stereocenters. The van der Waals surface area contributed by atoms with Crippen molar-refractivity contribution in [1.29, 1.82) is 0 Å². The van der Waals surface area contributed by atoms with Gasteiger partial charge >= 0.3 is 0 Å². The minimum atomic E-state index is -3.55. The van der Waals surface area contributed by atoms with Gasteiger partial charge in [0.25, 0.3) is 0 Å². The summed E-state index contributed by atoms with van der Waals surface area (Å²) in [5, 5.41) is 3.83. The van der Waals surface area contributed by atoms with Crippen molar-refractivity contribution in [2.24, 2.45) is 0 Å². The number of carbonyl (C=O) groups is 1. The van der Waals surface area contributed by atoms with E-state index in [1.165, 1.54) is 20.2 Å². The number of nitrogens with zero attached hydrogens (tertiary/aromatic N) is 1. The van der Waals surface area contributed by atoms with E-state index in [4.69, 9.17) is 0 Å². The minimum absolute atomic E-state index is 0.149. The number of hydrogen-bond acceptors (Lipinski definition) is 3. The standard InChI is InChI=1S/C19H21N3O3S/c1-13-8-9-15(26(24,25)22(2)3)11-18(13)21-19(23)10-14-12-20-17-7-5-4-6-16(14)17/h4-9,11-12,20H,10H2,1-3H3,(H,21,23). The molecule has 0 unspecified atom stereocenters. The summed E-state index contributed by atoms with van der Waals surface area (Å²) >= 11 is 0. The monoisotopic (exact) mass is 371 g/mol. The van der Waals surface area contributed by atoms with E-state index in [9.17, 15) is 13.2 Å². The smallest absolute Gasteiger partial charge is 0.242 e. The third kappa shape index (κ3) is 3.49. The van der Waals surface area contributed by atoms with Crippen LogP contribution in [0.25, 0.3) is 10.9 Å². The zero-order chi connectivity index (χ0) is 18.9. The van der Waals surface area contributed by atoms with Crippen LogP contribution in [0.3, 0.4) is 0 Å². The highest BCUT2D eigenvalue weighted by Gasteiger charge is 2.19. The van der Waals surface area contributed by atoms with Gasteiger partial charge in [-0.1, -0.05) is 24.3 Å². The summed E-state index contributed by atoms with van der Waals surface area (Å²) < 4.78 is 25.7. The highest BCUT2D eigenvalue weighted by Crippen LogP contribution is 2.23. The Kier molecular flexibility index (Phi) is 4.84. The molecule has 0 saturated carbocycles. The highest BCUT2D eigenvalue weighted by molar-refractivity contribution is 7.89. The highest BCUT2D eigenvalue weighted by atomic mass is 32.2. The maximum absolute atomic E-state index is 12.5. The Morgan fingerprint density at radius 3 is 2.62 bits per heavy atom. The van der Waals surface area contributed by atoms with Crippen LogP contribution in [-0.2, 0) is 21.2 Å². The number of amides is 1. The van der Waals surface area contributed by atoms with E-state index in [-0.39, 0.29) is 17.2 Å². The molecule has 2 aromatic carbocycles. The van der Waals surface area contributed by atoms with Gasteiger partial charge < -0.3 is 10.3 Å². The van der Waals surface area contributed by atoms with E-state index in [0.717, 1.165) is 26.3 Å².